The zero-order valence-electron chi connectivity index (χ0n) is 66.0. The third kappa shape index (κ3) is 72.3. The van der Waals surface area contributed by atoms with Crippen molar-refractivity contribution in [3.8, 4) is 4.97 Å². The maximum absolute atomic E-state index is 8.40. The van der Waals surface area contributed by atoms with E-state index in [2.05, 4.69) is 372 Å². The Labute approximate surface area is 743 Å². The van der Waals surface area contributed by atoms with Gasteiger partial charge in [0.25, 0.3) is 0 Å². The molecule has 0 saturated heterocycles. The molecule has 9 aromatic rings. The van der Waals surface area contributed by atoms with Crippen LogP contribution in [0.4, 0.5) is 0 Å². The summed E-state index contributed by atoms with van der Waals surface area (Å²) >= 11 is 28.6. The molecule has 18 heteroatoms. The molecular weight excluding hydrogens is 1800 g/mol. The standard InChI is InChI=1S/C13H17NS.2C13H17NSe.C12H15NS.C11H13NSe.C9H9NS.C9H9NSe.C8H7NS.C8H7NSe/c15-12-14-11-7-2-1-4-8-13-9-5-3-6-10-13;14-12-15-11-7-2-1-4-8-13-9-5-3-6-10-13;15-12-14-11-7-2-1-4-8-13-9-5-3-6-10-13;14-11-13-10-6-2-5-9-12-7-3-1-4-8-12;13-10-12-9-5-4-8-11-6-2-1-3-7-11;2*11-8-10-7-6-9-4-2-1-3-5-9;2*10-7-9-6-8-4-2-1-3-5-8/h3*3,5-6,9-10H,1-2,4,7-8,11H2;1,3-4,7-8H,2,5-6,9-10H2;1-3,6-7H,4-5,8-9H2;2*1-5H,6-7H2;2*1-5H,6H2. The molecule has 0 spiro atoms. The van der Waals surface area contributed by atoms with Gasteiger partial charge in [-0.15, -0.1) is 0 Å². The van der Waals surface area contributed by atoms with Crippen LogP contribution in [0.2, 0.25) is 5.32 Å². The number of rotatable bonds is 42. The fourth-order valence-electron chi connectivity index (χ4n) is 10.4. The molecule has 0 radical (unpaired) electrons. The van der Waals surface area contributed by atoms with E-state index >= 15 is 0 Å². The molecule has 0 N–H and O–H groups in total. The Morgan fingerprint density at radius 2 is 0.421 bits per heavy atom. The number of isothiocyanates is 4. The van der Waals surface area contributed by atoms with E-state index in [0.717, 1.165) is 83.1 Å². The summed E-state index contributed by atoms with van der Waals surface area (Å²) in [5, 5.41) is 19.0. The number of benzene rings is 9. The molecule has 0 amide bonds. The minimum absolute atomic E-state index is 0.236. The SMILES string of the molecule is N#C[Se]CCCCCCc1ccccc1.S=C=NCCCCCCc1ccccc1.S=C=NCCCCCc1ccccc1.S=C=NCCc1ccccc1.S=C=NCc1ccccc1.[Se]=C=NCCCCCCc1ccccc1.[Se]=C=NCCCCc1ccccc1.[Se]=C=NCCc1ccccc1.[Se]=C=NCc1ccccc1. The van der Waals surface area contributed by atoms with Crippen molar-refractivity contribution in [3.05, 3.63) is 323 Å². The number of nitriles is 1. The van der Waals surface area contributed by atoms with Crippen molar-refractivity contribution < 1.29 is 0 Å². The Morgan fingerprint density at radius 3 is 0.702 bits per heavy atom. The van der Waals surface area contributed by atoms with Gasteiger partial charge in [0, 0.05) is 13.1 Å². The monoisotopic (exact) mass is 1920 g/mol. The topological polar surface area (TPSA) is 123 Å². The predicted octanol–water partition coefficient (Wildman–Crippen LogP) is 22.9. The molecule has 0 aromatic heterocycles. The van der Waals surface area contributed by atoms with Gasteiger partial charge in [0.1, 0.15) is 0 Å². The molecule has 0 fully saturated rings. The summed E-state index contributed by atoms with van der Waals surface area (Å²) < 4.78 is 10.6. The molecule has 9 nitrogen and oxygen atoms in total. The van der Waals surface area contributed by atoms with Crippen LogP contribution in [-0.4, -0.2) is 156 Å². The Bertz CT molecular complexity index is 3990. The number of aliphatic imine (C=N–C) groups is 8. The molecule has 0 aliphatic rings. The van der Waals surface area contributed by atoms with Crippen LogP contribution in [-0.2, 0) is 58.0 Å². The van der Waals surface area contributed by atoms with Gasteiger partial charge < -0.3 is 0 Å². The zero-order chi connectivity index (χ0) is 82.1. The van der Waals surface area contributed by atoms with Gasteiger partial charge in [0.15, 0.2) is 0 Å². The average molecular weight is 1910 g/mol. The van der Waals surface area contributed by atoms with E-state index in [9.17, 15) is 0 Å². The third-order valence-corrected chi connectivity index (χ3v) is 19.3. The summed E-state index contributed by atoms with van der Waals surface area (Å²) in [4.78, 5) is 33.6. The average Bonchev–Trinajstić information content (AvgIpc) is 1.28. The van der Waals surface area contributed by atoms with E-state index in [1.54, 1.807) is 0 Å². The first-order chi connectivity index (χ1) is 56.4. The van der Waals surface area contributed by atoms with Crippen LogP contribution in [0.15, 0.2) is 313 Å². The number of unbranched alkanes of at least 4 members (excludes halogenated alkanes) is 12. The van der Waals surface area contributed by atoms with Gasteiger partial charge in [-0.25, -0.2) is 20.0 Å². The van der Waals surface area contributed by atoms with Crippen molar-refractivity contribution in [1.29, 1.82) is 5.26 Å². The molecule has 0 aliphatic heterocycles. The summed E-state index contributed by atoms with van der Waals surface area (Å²) in [7, 11) is 0. The van der Waals surface area contributed by atoms with Gasteiger partial charge in [-0.3, -0.25) is 0 Å². The molecule has 0 saturated carbocycles. The van der Waals surface area contributed by atoms with Gasteiger partial charge in [-0.1, -0.05) is 141 Å². The van der Waals surface area contributed by atoms with Crippen molar-refractivity contribution in [2.24, 2.45) is 39.9 Å². The van der Waals surface area contributed by atoms with E-state index in [-0.39, 0.29) is 15.0 Å². The Kier molecular flexibility index (Phi) is 79.3. The summed E-state index contributed by atoms with van der Waals surface area (Å²) in [5.74, 6) is 0. The number of nitrogens with zero attached hydrogens (tertiary/aromatic N) is 9. The molecule has 0 bridgehead atoms. The van der Waals surface area contributed by atoms with Crippen LogP contribution in [0.5, 0.6) is 0 Å². The molecule has 0 aliphatic carbocycles. The Morgan fingerprint density at radius 1 is 0.219 bits per heavy atom. The Hall–Kier alpha value is -7.41. The quantitative estimate of drug-likeness (QED) is 0.0163. The fraction of sp³-hybridized carbons (Fsp3) is 0.344. The van der Waals surface area contributed by atoms with E-state index in [1.165, 1.54) is 166 Å². The van der Waals surface area contributed by atoms with Gasteiger partial charge in [-0.2, -0.15) is 0 Å². The molecule has 0 heterocycles. The predicted molar refractivity (Wildman–Crippen MR) is 508 cm³/mol. The zero-order valence-corrected chi connectivity index (χ0v) is 77.8. The second-order valence-electron chi connectivity index (χ2n) is 25.2. The minimum atomic E-state index is 0.236. The molecule has 594 valence electrons. The van der Waals surface area contributed by atoms with Crippen molar-refractivity contribution in [2.75, 3.05) is 39.3 Å². The van der Waals surface area contributed by atoms with Crippen LogP contribution in [0, 0.1) is 10.2 Å². The van der Waals surface area contributed by atoms with Crippen LogP contribution < -0.4 is 0 Å². The summed E-state index contributed by atoms with van der Waals surface area (Å²) in [6, 6.07) is 93.7. The summed E-state index contributed by atoms with van der Waals surface area (Å²) in [6.45, 7) is 6.40. The van der Waals surface area contributed by atoms with Crippen LogP contribution in [0.25, 0.3) is 0 Å². The van der Waals surface area contributed by atoms with Gasteiger partial charge in [0.05, 0.1) is 33.7 Å². The van der Waals surface area contributed by atoms with Crippen molar-refractivity contribution in [3.63, 3.8) is 0 Å². The maximum atomic E-state index is 8.40. The van der Waals surface area contributed by atoms with Crippen LogP contribution in [0.3, 0.4) is 0 Å². The first-order valence-electron chi connectivity index (χ1n) is 39.0. The molecule has 114 heavy (non-hydrogen) atoms. The van der Waals surface area contributed by atoms with Gasteiger partial charge in [0.2, 0.25) is 0 Å². The number of thiocarbonyl (C=S) groups is 4. The van der Waals surface area contributed by atoms with Crippen molar-refractivity contribution >= 4 is 166 Å². The fourth-order valence-corrected chi connectivity index (χ4v) is 12.4. The molecule has 0 atom stereocenters. The molecule has 9 rings (SSSR count). The van der Waals surface area contributed by atoms with Gasteiger partial charge >= 0.3 is 427 Å². The van der Waals surface area contributed by atoms with Crippen LogP contribution >= 0.6 is 48.9 Å². The number of hydrogen-bond acceptors (Lipinski definition) is 13. The first-order valence-corrected chi connectivity index (χ1v) is 46.2. The normalized spacial score (nSPS) is 9.18. The van der Waals surface area contributed by atoms with Crippen molar-refractivity contribution in [2.45, 2.75) is 173 Å². The Balaban J connectivity index is 0.000000644. The third-order valence-electron chi connectivity index (χ3n) is 16.4. The van der Waals surface area contributed by atoms with E-state index < -0.39 is 0 Å². The first kappa shape index (κ1) is 105. The number of hydrogen-bond donors (Lipinski definition) is 0. The van der Waals surface area contributed by atoms with E-state index in [4.69, 9.17) is 5.26 Å². The number of aryl methyl sites for hydroxylation is 5. The van der Waals surface area contributed by atoms with Gasteiger partial charge in [-0.05, 0) is 116 Å². The molecular formula is C96H111N9S4Se5. The summed E-state index contributed by atoms with van der Waals surface area (Å²) in [5.41, 5.74) is 12.2. The summed E-state index contributed by atoms with van der Waals surface area (Å²) in [6.07, 6.45) is 28.9. The second kappa shape index (κ2) is 86.4. The van der Waals surface area contributed by atoms with E-state index in [1.807, 2.05) is 97.1 Å². The van der Waals surface area contributed by atoms with Crippen LogP contribution in [0.1, 0.15) is 159 Å². The molecule has 0 unspecified atom stereocenters. The van der Waals surface area contributed by atoms with Crippen molar-refractivity contribution in [1.82, 2.24) is 0 Å². The second-order valence-corrected chi connectivity index (χ2v) is 29.3. The van der Waals surface area contributed by atoms with E-state index in [0.29, 0.717) is 13.1 Å². The molecule has 9 aromatic carbocycles.